The fourth-order valence-corrected chi connectivity index (χ4v) is 4.81. The Morgan fingerprint density at radius 1 is 1.03 bits per heavy atom. The normalized spacial score (nSPS) is 15.9. The largest absolute Gasteiger partial charge is 0.416 e. The van der Waals surface area contributed by atoms with Crippen LogP contribution in [0.4, 0.5) is 29.3 Å². The number of benzene rings is 2. The summed E-state index contributed by atoms with van der Waals surface area (Å²) in [5.41, 5.74) is 0.489. The molecule has 1 atom stereocenters. The number of thiophene rings is 1. The van der Waals surface area contributed by atoms with E-state index in [0.717, 1.165) is 42.0 Å². The first kappa shape index (κ1) is 25.0. The lowest BCUT2D eigenvalue weighted by Crippen LogP contribution is -2.45. The SMILES string of the molecule is O=C(Nc1ccc(C(F)(F)F)cc1)Nc1cc(-c2ccc(Cl)cc2)sc1C(=O)N[C@H]1CCCNC1. The van der Waals surface area contributed by atoms with Crippen molar-refractivity contribution in [1.29, 1.82) is 0 Å². The highest BCUT2D eigenvalue weighted by atomic mass is 35.5. The van der Waals surface area contributed by atoms with Crippen LogP contribution in [0.3, 0.4) is 0 Å². The van der Waals surface area contributed by atoms with Crippen LogP contribution in [0.1, 0.15) is 28.1 Å². The van der Waals surface area contributed by atoms with E-state index in [1.165, 1.54) is 23.5 Å². The van der Waals surface area contributed by atoms with Crippen molar-refractivity contribution in [1.82, 2.24) is 10.6 Å². The second-order valence-electron chi connectivity index (χ2n) is 8.03. The standard InChI is InChI=1S/C24H22ClF3N4O2S/c25-16-7-3-14(4-8-16)20-12-19(21(35-20)22(33)30-18-2-1-11-29-13-18)32-23(34)31-17-9-5-15(6-10-17)24(26,27)28/h3-10,12,18,29H,1-2,11,13H2,(H,30,33)(H2,31,32,34)/t18-/m0/s1. The third kappa shape index (κ3) is 6.53. The zero-order valence-corrected chi connectivity index (χ0v) is 19.9. The van der Waals surface area contributed by atoms with Crippen molar-refractivity contribution >= 4 is 46.3 Å². The van der Waals surface area contributed by atoms with Gasteiger partial charge in [0.2, 0.25) is 0 Å². The van der Waals surface area contributed by atoms with Gasteiger partial charge in [0, 0.05) is 28.2 Å². The molecular formula is C24H22ClF3N4O2S. The van der Waals surface area contributed by atoms with Crippen LogP contribution in [0.2, 0.25) is 5.02 Å². The molecule has 0 aliphatic carbocycles. The highest BCUT2D eigenvalue weighted by molar-refractivity contribution is 7.18. The summed E-state index contributed by atoms with van der Waals surface area (Å²) >= 11 is 7.21. The van der Waals surface area contributed by atoms with Crippen LogP contribution in [-0.2, 0) is 6.18 Å². The summed E-state index contributed by atoms with van der Waals surface area (Å²) < 4.78 is 38.3. The molecule has 0 bridgehead atoms. The first-order chi connectivity index (χ1) is 16.7. The predicted octanol–water partition coefficient (Wildman–Crippen LogP) is 6.21. The van der Waals surface area contributed by atoms with Gasteiger partial charge in [-0.3, -0.25) is 4.79 Å². The lowest BCUT2D eigenvalue weighted by molar-refractivity contribution is -0.137. The molecule has 1 aliphatic heterocycles. The van der Waals surface area contributed by atoms with Crippen LogP contribution in [0.5, 0.6) is 0 Å². The molecule has 0 saturated carbocycles. The van der Waals surface area contributed by atoms with Gasteiger partial charge in [0.05, 0.1) is 11.3 Å². The summed E-state index contributed by atoms with van der Waals surface area (Å²) in [6.07, 6.45) is -2.66. The molecule has 1 aromatic heterocycles. The van der Waals surface area contributed by atoms with E-state index in [-0.39, 0.29) is 17.6 Å². The van der Waals surface area contributed by atoms with E-state index in [4.69, 9.17) is 11.6 Å². The molecule has 4 N–H and O–H groups in total. The molecular weight excluding hydrogens is 501 g/mol. The van der Waals surface area contributed by atoms with Gasteiger partial charge in [0.1, 0.15) is 4.88 Å². The zero-order chi connectivity index (χ0) is 25.0. The molecule has 2 aromatic carbocycles. The van der Waals surface area contributed by atoms with Gasteiger partial charge < -0.3 is 21.3 Å². The summed E-state index contributed by atoms with van der Waals surface area (Å²) in [4.78, 5) is 26.8. The number of carbonyl (C=O) groups excluding carboxylic acids is 2. The third-order valence-electron chi connectivity index (χ3n) is 5.42. The van der Waals surface area contributed by atoms with Crippen LogP contribution in [0.25, 0.3) is 10.4 Å². The summed E-state index contributed by atoms with van der Waals surface area (Å²) in [5.74, 6) is -0.311. The smallest absolute Gasteiger partial charge is 0.347 e. The van der Waals surface area contributed by atoms with Gasteiger partial charge in [0.15, 0.2) is 0 Å². The second-order valence-corrected chi connectivity index (χ2v) is 9.52. The Morgan fingerprint density at radius 2 is 1.74 bits per heavy atom. The Hall–Kier alpha value is -3.08. The maximum Gasteiger partial charge on any atom is 0.416 e. The molecule has 3 amide bonds. The maximum absolute atomic E-state index is 13.1. The second kappa shape index (κ2) is 10.7. The number of hydrogen-bond acceptors (Lipinski definition) is 4. The van der Waals surface area contributed by atoms with Gasteiger partial charge in [0.25, 0.3) is 5.91 Å². The topological polar surface area (TPSA) is 82.3 Å². The lowest BCUT2D eigenvalue weighted by Gasteiger charge is -2.23. The summed E-state index contributed by atoms with van der Waals surface area (Å²) in [6, 6.07) is 12.2. The molecule has 184 valence electrons. The summed E-state index contributed by atoms with van der Waals surface area (Å²) in [7, 11) is 0. The Balaban J connectivity index is 1.53. The molecule has 11 heteroatoms. The number of nitrogens with one attached hydrogen (secondary N) is 4. The maximum atomic E-state index is 13.1. The molecule has 0 radical (unpaired) electrons. The first-order valence-corrected chi connectivity index (χ1v) is 12.0. The van der Waals surface area contributed by atoms with E-state index in [9.17, 15) is 22.8 Å². The molecule has 4 rings (SSSR count). The number of halogens is 4. The van der Waals surface area contributed by atoms with Crippen molar-refractivity contribution in [2.75, 3.05) is 23.7 Å². The average Bonchev–Trinajstić information content (AvgIpc) is 3.23. The van der Waals surface area contributed by atoms with Crippen molar-refractivity contribution in [3.05, 3.63) is 70.1 Å². The Bertz CT molecular complexity index is 1190. The Morgan fingerprint density at radius 3 is 2.37 bits per heavy atom. The minimum Gasteiger partial charge on any atom is -0.347 e. The Kier molecular flexibility index (Phi) is 7.63. The fraction of sp³-hybridized carbons (Fsp3) is 0.250. The number of alkyl halides is 3. The zero-order valence-electron chi connectivity index (χ0n) is 18.3. The van der Waals surface area contributed by atoms with Crippen LogP contribution in [-0.4, -0.2) is 31.1 Å². The molecule has 1 aliphatic rings. The van der Waals surface area contributed by atoms with Gasteiger partial charge in [-0.2, -0.15) is 13.2 Å². The van der Waals surface area contributed by atoms with E-state index in [2.05, 4.69) is 21.3 Å². The predicted molar refractivity (Wildman–Crippen MR) is 132 cm³/mol. The average molecular weight is 523 g/mol. The Labute approximate surface area is 208 Å². The van der Waals surface area contributed by atoms with Gasteiger partial charge in [-0.15, -0.1) is 11.3 Å². The van der Waals surface area contributed by atoms with E-state index in [1.807, 2.05) is 12.1 Å². The molecule has 0 spiro atoms. The third-order valence-corrected chi connectivity index (χ3v) is 6.85. The van der Waals surface area contributed by atoms with Crippen molar-refractivity contribution in [3.8, 4) is 10.4 Å². The van der Waals surface area contributed by atoms with Crippen LogP contribution < -0.4 is 21.3 Å². The van der Waals surface area contributed by atoms with Gasteiger partial charge in [-0.05, 0) is 67.4 Å². The molecule has 35 heavy (non-hydrogen) atoms. The van der Waals surface area contributed by atoms with Crippen molar-refractivity contribution in [3.63, 3.8) is 0 Å². The number of carbonyl (C=O) groups is 2. The minimum atomic E-state index is -4.47. The van der Waals surface area contributed by atoms with Gasteiger partial charge >= 0.3 is 12.2 Å². The van der Waals surface area contributed by atoms with E-state index in [0.29, 0.717) is 22.1 Å². The van der Waals surface area contributed by atoms with Crippen molar-refractivity contribution in [2.45, 2.75) is 25.1 Å². The summed E-state index contributed by atoms with van der Waals surface area (Å²) in [5, 5.41) is 12.0. The number of amides is 3. The number of urea groups is 1. The van der Waals surface area contributed by atoms with Crippen LogP contribution in [0, 0.1) is 0 Å². The summed E-state index contributed by atoms with van der Waals surface area (Å²) in [6.45, 7) is 1.57. The van der Waals surface area contributed by atoms with Gasteiger partial charge in [-0.25, -0.2) is 4.79 Å². The molecule has 1 saturated heterocycles. The van der Waals surface area contributed by atoms with E-state index in [1.54, 1.807) is 18.2 Å². The molecule has 2 heterocycles. The highest BCUT2D eigenvalue weighted by Crippen LogP contribution is 2.36. The lowest BCUT2D eigenvalue weighted by atomic mass is 10.1. The highest BCUT2D eigenvalue weighted by Gasteiger charge is 2.30. The van der Waals surface area contributed by atoms with Gasteiger partial charge in [-0.1, -0.05) is 23.7 Å². The molecule has 1 fully saturated rings. The van der Waals surface area contributed by atoms with E-state index < -0.39 is 17.8 Å². The molecule has 6 nitrogen and oxygen atoms in total. The first-order valence-electron chi connectivity index (χ1n) is 10.9. The van der Waals surface area contributed by atoms with Crippen molar-refractivity contribution in [2.24, 2.45) is 0 Å². The van der Waals surface area contributed by atoms with Crippen LogP contribution in [0.15, 0.2) is 54.6 Å². The number of piperidine rings is 1. The number of anilines is 2. The fourth-order valence-electron chi connectivity index (χ4n) is 3.66. The number of rotatable bonds is 5. The van der Waals surface area contributed by atoms with Crippen LogP contribution >= 0.6 is 22.9 Å². The molecule has 3 aromatic rings. The number of hydrogen-bond donors (Lipinski definition) is 4. The molecule has 0 unspecified atom stereocenters. The quantitative estimate of drug-likeness (QED) is 0.321. The monoisotopic (exact) mass is 522 g/mol. The van der Waals surface area contributed by atoms with E-state index >= 15 is 0 Å². The minimum absolute atomic E-state index is 0.0221. The van der Waals surface area contributed by atoms with Crippen molar-refractivity contribution < 1.29 is 22.8 Å².